The predicted octanol–water partition coefficient (Wildman–Crippen LogP) is 4.25. The summed E-state index contributed by atoms with van der Waals surface area (Å²) in [5.41, 5.74) is 5.45. The van der Waals surface area contributed by atoms with Gasteiger partial charge < -0.3 is 20.9 Å². The number of piperidine rings is 1. The Bertz CT molecular complexity index is 2640. The first-order valence-corrected chi connectivity index (χ1v) is 23.2. The number of carbonyl (C=O) groups is 5. The molecule has 2 fully saturated rings. The van der Waals surface area contributed by atoms with Crippen molar-refractivity contribution in [3.8, 4) is 11.3 Å². The van der Waals surface area contributed by atoms with Crippen LogP contribution in [0, 0.1) is 0 Å². The molecule has 5 aromatic rings. The summed E-state index contributed by atoms with van der Waals surface area (Å²) in [6.07, 6.45) is 6.25. The third kappa shape index (κ3) is 10.0. The molecule has 1 atom stereocenters. The van der Waals surface area contributed by atoms with Crippen molar-refractivity contribution in [1.82, 2.24) is 35.0 Å². The summed E-state index contributed by atoms with van der Waals surface area (Å²) >= 11 is 0. The Labute approximate surface area is 365 Å². The van der Waals surface area contributed by atoms with Gasteiger partial charge in [0.2, 0.25) is 23.7 Å². The number of carbonyl (C=O) groups excluding carboxylic acids is 5. The van der Waals surface area contributed by atoms with Gasteiger partial charge in [0.05, 0.1) is 28.3 Å². The summed E-state index contributed by atoms with van der Waals surface area (Å²) in [6, 6.07) is 24.5. The number of piperazine rings is 1. The zero-order valence-electron chi connectivity index (χ0n) is 35.0. The van der Waals surface area contributed by atoms with Crippen LogP contribution >= 0.6 is 0 Å². The molecule has 2 saturated heterocycles. The van der Waals surface area contributed by atoms with Gasteiger partial charge in [-0.1, -0.05) is 37.5 Å². The van der Waals surface area contributed by atoms with Crippen molar-refractivity contribution in [2.45, 2.75) is 55.9 Å². The molecule has 0 spiro atoms. The van der Waals surface area contributed by atoms with Gasteiger partial charge in [-0.3, -0.25) is 39.1 Å². The van der Waals surface area contributed by atoms with Crippen LogP contribution in [0.3, 0.4) is 0 Å². The number of imide groups is 2. The molecular formula is C45H50N10O7S. The molecule has 63 heavy (non-hydrogen) atoms. The maximum atomic E-state index is 13.1. The molecule has 5 heterocycles. The lowest BCUT2D eigenvalue weighted by molar-refractivity contribution is -0.136. The molecule has 4 N–H and O–H groups in total. The number of rotatable bonds is 17. The van der Waals surface area contributed by atoms with Crippen LogP contribution in [0.2, 0.25) is 0 Å². The standard InChI is InChI=1S/C45H50N10O7S/c1-63(61,62)34-17-10-30(11-18-34)37-8-7-9-39-49-45(51-55(37)39)48-31-12-15-33(16-13-31)53-26-24-52(25-27-53)29-41(57)47-23-6-4-2-3-5-22-46-32-14-19-35-36(28-32)44(60)54(43(35)59)38-20-21-40(56)50-42(38)58/h7-19,28,38,46H,2-6,20-27,29H2,1H3,(H,47,57)(H,48,51)(H,50,56,58). The van der Waals surface area contributed by atoms with Crippen LogP contribution in [-0.4, -0.2) is 120 Å². The highest BCUT2D eigenvalue weighted by molar-refractivity contribution is 7.90. The van der Waals surface area contributed by atoms with Crippen molar-refractivity contribution in [2.24, 2.45) is 0 Å². The van der Waals surface area contributed by atoms with Crippen LogP contribution in [0.5, 0.6) is 0 Å². The molecule has 0 saturated carbocycles. The van der Waals surface area contributed by atoms with Crippen molar-refractivity contribution in [3.63, 3.8) is 0 Å². The van der Waals surface area contributed by atoms with Crippen LogP contribution in [0.1, 0.15) is 65.7 Å². The number of aromatic nitrogens is 3. The van der Waals surface area contributed by atoms with Crippen LogP contribution in [-0.2, 0) is 24.2 Å². The second-order valence-electron chi connectivity index (χ2n) is 16.1. The monoisotopic (exact) mass is 874 g/mol. The highest BCUT2D eigenvalue weighted by Gasteiger charge is 2.44. The van der Waals surface area contributed by atoms with Gasteiger partial charge in [0, 0.05) is 74.6 Å². The maximum absolute atomic E-state index is 13.1. The fourth-order valence-electron chi connectivity index (χ4n) is 8.18. The van der Waals surface area contributed by atoms with Crippen LogP contribution in [0.25, 0.3) is 16.9 Å². The number of fused-ring (bicyclic) bond motifs is 2. The molecular weight excluding hydrogens is 825 g/mol. The van der Waals surface area contributed by atoms with E-state index in [0.717, 1.165) is 91.5 Å². The zero-order valence-corrected chi connectivity index (χ0v) is 35.8. The molecule has 8 rings (SSSR count). The van der Waals surface area contributed by atoms with E-state index in [9.17, 15) is 32.4 Å². The van der Waals surface area contributed by atoms with Crippen LogP contribution in [0.15, 0.2) is 89.8 Å². The van der Waals surface area contributed by atoms with Gasteiger partial charge >= 0.3 is 0 Å². The Morgan fingerprint density at radius 1 is 0.794 bits per heavy atom. The SMILES string of the molecule is CS(=O)(=O)c1ccc(-c2cccc3nc(Nc4ccc(N5CCN(CC(=O)NCCCCCCCNc6ccc7c(c6)C(=O)N(C6CCC(=O)NC6=O)C7=O)CC5)cc4)nn23)cc1. The number of amides is 5. The number of nitrogens with zero attached hydrogens (tertiary/aromatic N) is 6. The van der Waals surface area contributed by atoms with E-state index in [1.165, 1.54) is 6.26 Å². The number of pyridine rings is 1. The van der Waals surface area contributed by atoms with Crippen molar-refractivity contribution in [1.29, 1.82) is 0 Å². The number of hydrogen-bond donors (Lipinski definition) is 4. The number of sulfone groups is 1. The molecule has 328 valence electrons. The lowest BCUT2D eigenvalue weighted by atomic mass is 10.0. The first-order chi connectivity index (χ1) is 30.4. The van der Waals surface area contributed by atoms with E-state index < -0.39 is 39.5 Å². The van der Waals surface area contributed by atoms with Gasteiger partial charge in [-0.15, -0.1) is 5.10 Å². The molecule has 17 nitrogen and oxygen atoms in total. The fourth-order valence-corrected chi connectivity index (χ4v) is 8.81. The maximum Gasteiger partial charge on any atom is 0.262 e. The fraction of sp³-hybridized carbons (Fsp3) is 0.356. The second kappa shape index (κ2) is 18.8. The zero-order chi connectivity index (χ0) is 44.1. The Kier molecular flexibility index (Phi) is 12.8. The van der Waals surface area contributed by atoms with Gasteiger partial charge in [0.15, 0.2) is 15.5 Å². The van der Waals surface area contributed by atoms with E-state index >= 15 is 0 Å². The van der Waals surface area contributed by atoms with Gasteiger partial charge in [-0.05, 0) is 86.0 Å². The number of unbranched alkanes of at least 4 members (excludes halogenated alkanes) is 4. The Morgan fingerprint density at radius 3 is 2.22 bits per heavy atom. The van der Waals surface area contributed by atoms with Crippen molar-refractivity contribution >= 4 is 68.0 Å². The Morgan fingerprint density at radius 2 is 1.49 bits per heavy atom. The highest BCUT2D eigenvalue weighted by atomic mass is 32.2. The van der Waals surface area contributed by atoms with Crippen molar-refractivity contribution < 1.29 is 32.4 Å². The second-order valence-corrected chi connectivity index (χ2v) is 18.1. The van der Waals surface area contributed by atoms with Crippen molar-refractivity contribution in [2.75, 3.05) is 67.6 Å². The quantitative estimate of drug-likeness (QED) is 0.0763. The third-order valence-corrected chi connectivity index (χ3v) is 12.7. The topological polar surface area (TPSA) is 208 Å². The number of hydrogen-bond acceptors (Lipinski definition) is 13. The van der Waals surface area contributed by atoms with E-state index in [4.69, 9.17) is 0 Å². The molecule has 5 amide bonds. The molecule has 3 aliphatic rings. The summed E-state index contributed by atoms with van der Waals surface area (Å²) in [5.74, 6) is -1.59. The molecule has 18 heteroatoms. The van der Waals surface area contributed by atoms with E-state index in [0.29, 0.717) is 31.2 Å². The molecule has 2 aromatic heterocycles. The molecule has 0 bridgehead atoms. The summed E-state index contributed by atoms with van der Waals surface area (Å²) < 4.78 is 25.5. The number of nitrogens with one attached hydrogen (secondary N) is 4. The number of anilines is 4. The molecule has 0 radical (unpaired) electrons. The Hall–Kier alpha value is -6.66. The van der Waals surface area contributed by atoms with E-state index in [-0.39, 0.29) is 34.8 Å². The lowest BCUT2D eigenvalue weighted by Crippen LogP contribution is -2.54. The average molecular weight is 875 g/mol. The Balaban J connectivity index is 0.694. The van der Waals surface area contributed by atoms with Gasteiger partial charge in [-0.25, -0.2) is 12.9 Å². The molecule has 0 aliphatic carbocycles. The predicted molar refractivity (Wildman–Crippen MR) is 238 cm³/mol. The van der Waals surface area contributed by atoms with Gasteiger partial charge in [0.1, 0.15) is 6.04 Å². The normalized spacial score (nSPS) is 16.9. The third-order valence-electron chi connectivity index (χ3n) is 11.6. The van der Waals surface area contributed by atoms with E-state index in [1.54, 1.807) is 47.0 Å². The van der Waals surface area contributed by atoms with Crippen LogP contribution < -0.4 is 26.2 Å². The van der Waals surface area contributed by atoms with Gasteiger partial charge in [-0.2, -0.15) is 4.98 Å². The van der Waals surface area contributed by atoms with Gasteiger partial charge in [0.25, 0.3) is 11.8 Å². The van der Waals surface area contributed by atoms with Crippen molar-refractivity contribution in [3.05, 3.63) is 96.1 Å². The lowest BCUT2D eigenvalue weighted by Gasteiger charge is -2.35. The molecule has 1 unspecified atom stereocenters. The number of benzene rings is 3. The highest BCUT2D eigenvalue weighted by Crippen LogP contribution is 2.30. The largest absolute Gasteiger partial charge is 0.385 e. The van der Waals surface area contributed by atoms with E-state index in [1.807, 2.05) is 30.3 Å². The minimum Gasteiger partial charge on any atom is -0.385 e. The summed E-state index contributed by atoms with van der Waals surface area (Å²) in [5, 5.41) is 16.6. The minimum atomic E-state index is -3.29. The average Bonchev–Trinajstić information content (AvgIpc) is 3.79. The van der Waals surface area contributed by atoms with E-state index in [2.05, 4.69) is 53.3 Å². The first-order valence-electron chi connectivity index (χ1n) is 21.3. The molecule has 3 aliphatic heterocycles. The first kappa shape index (κ1) is 43.0. The smallest absolute Gasteiger partial charge is 0.262 e. The summed E-state index contributed by atoms with van der Waals surface area (Å²) in [6.45, 7) is 4.90. The molecule has 3 aromatic carbocycles. The summed E-state index contributed by atoms with van der Waals surface area (Å²) in [4.78, 5) is 72.9. The van der Waals surface area contributed by atoms with Crippen LogP contribution in [0.4, 0.5) is 23.0 Å². The minimum absolute atomic E-state index is 0.0374. The summed E-state index contributed by atoms with van der Waals surface area (Å²) in [7, 11) is -3.29.